The average Bonchev–Trinajstić information content (AvgIpc) is 2.61. The van der Waals surface area contributed by atoms with Crippen LogP contribution in [-0.4, -0.2) is 0 Å². The largest absolute Gasteiger partial charge is 0.143 e. The molecule has 2 aromatic rings. The van der Waals surface area contributed by atoms with Crippen LogP contribution in [0, 0.1) is 20.8 Å². The first-order chi connectivity index (χ1) is 7.99. The Balaban J connectivity index is 2.40. The Morgan fingerprint density at radius 3 is 2.35 bits per heavy atom. The van der Waals surface area contributed by atoms with Gasteiger partial charge >= 0.3 is 0 Å². The van der Waals surface area contributed by atoms with E-state index in [0.717, 1.165) is 10.0 Å². The molecule has 0 bridgehead atoms. The lowest BCUT2D eigenvalue weighted by Gasteiger charge is -2.11. The van der Waals surface area contributed by atoms with Crippen molar-refractivity contribution in [1.29, 1.82) is 0 Å². The second-order valence-electron chi connectivity index (χ2n) is 4.28. The maximum Gasteiger partial charge on any atom is 0.0939 e. The fraction of sp³-hybridized carbons (Fsp3) is 0.286. The van der Waals surface area contributed by atoms with Crippen molar-refractivity contribution >= 4 is 38.9 Å². The van der Waals surface area contributed by atoms with Crippen LogP contribution in [0.15, 0.2) is 28.7 Å². The molecule has 1 aromatic heterocycles. The third kappa shape index (κ3) is 2.75. The van der Waals surface area contributed by atoms with E-state index in [1.165, 1.54) is 20.9 Å². The molecular formula is C14H14BrClS. The van der Waals surface area contributed by atoms with Gasteiger partial charge in [0.25, 0.3) is 0 Å². The second-order valence-corrected chi connectivity index (χ2v) is 6.85. The average molecular weight is 330 g/mol. The number of alkyl halides is 1. The fourth-order valence-electron chi connectivity index (χ4n) is 1.75. The van der Waals surface area contributed by atoms with Gasteiger partial charge in [-0.15, -0.1) is 22.9 Å². The van der Waals surface area contributed by atoms with E-state index >= 15 is 0 Å². The topological polar surface area (TPSA) is 0 Å². The number of rotatable bonds is 2. The number of thiophene rings is 1. The van der Waals surface area contributed by atoms with Crippen molar-refractivity contribution in [2.24, 2.45) is 0 Å². The summed E-state index contributed by atoms with van der Waals surface area (Å²) in [5, 5.41) is -0.0672. The molecule has 0 spiro atoms. The molecule has 17 heavy (non-hydrogen) atoms. The molecule has 0 fully saturated rings. The number of hydrogen-bond donors (Lipinski definition) is 0. The Morgan fingerprint density at radius 2 is 1.82 bits per heavy atom. The third-order valence-corrected chi connectivity index (χ3v) is 5.52. The highest BCUT2D eigenvalue weighted by molar-refractivity contribution is 9.10. The summed E-state index contributed by atoms with van der Waals surface area (Å²) in [7, 11) is 0. The quantitative estimate of drug-likeness (QED) is 0.614. The Hall–Kier alpha value is -0.310. The first kappa shape index (κ1) is 13.1. The van der Waals surface area contributed by atoms with Crippen molar-refractivity contribution in [2.45, 2.75) is 26.1 Å². The molecule has 1 aromatic carbocycles. The van der Waals surface area contributed by atoms with Crippen molar-refractivity contribution in [3.8, 4) is 0 Å². The Morgan fingerprint density at radius 1 is 1.12 bits per heavy atom. The van der Waals surface area contributed by atoms with Gasteiger partial charge in [-0.05, 0) is 59.5 Å². The maximum absolute atomic E-state index is 6.55. The molecule has 3 heteroatoms. The van der Waals surface area contributed by atoms with E-state index in [9.17, 15) is 0 Å². The highest BCUT2D eigenvalue weighted by atomic mass is 79.9. The SMILES string of the molecule is Cc1cc(Br)c(C(Cl)c2ccc(C)c(C)c2)s1. The third-order valence-electron chi connectivity index (χ3n) is 2.89. The summed E-state index contributed by atoms with van der Waals surface area (Å²) in [4.78, 5) is 2.47. The normalized spacial score (nSPS) is 12.8. The summed E-state index contributed by atoms with van der Waals surface area (Å²) in [5.74, 6) is 0. The standard InChI is InChI=1S/C14H14BrClS/c1-8-4-5-11(6-9(8)2)13(16)14-12(15)7-10(3)17-14/h4-7,13H,1-3H3. The van der Waals surface area contributed by atoms with Gasteiger partial charge < -0.3 is 0 Å². The van der Waals surface area contributed by atoms with E-state index in [-0.39, 0.29) is 5.38 Å². The van der Waals surface area contributed by atoms with Crippen LogP contribution in [-0.2, 0) is 0 Å². The molecule has 0 amide bonds. The van der Waals surface area contributed by atoms with E-state index in [0.29, 0.717) is 0 Å². The minimum absolute atomic E-state index is 0.0672. The Kier molecular flexibility index (Phi) is 3.96. The lowest BCUT2D eigenvalue weighted by atomic mass is 10.0. The van der Waals surface area contributed by atoms with E-state index in [4.69, 9.17) is 11.6 Å². The van der Waals surface area contributed by atoms with Crippen LogP contribution in [0.4, 0.5) is 0 Å². The molecule has 2 rings (SSSR count). The van der Waals surface area contributed by atoms with Gasteiger partial charge in [-0.25, -0.2) is 0 Å². The summed E-state index contributed by atoms with van der Waals surface area (Å²) in [6.45, 7) is 6.34. The Bertz CT molecular complexity index is 545. The first-order valence-electron chi connectivity index (χ1n) is 5.46. The summed E-state index contributed by atoms with van der Waals surface area (Å²) < 4.78 is 1.11. The van der Waals surface area contributed by atoms with Crippen molar-refractivity contribution in [3.63, 3.8) is 0 Å². The summed E-state index contributed by atoms with van der Waals surface area (Å²) in [6.07, 6.45) is 0. The zero-order valence-electron chi connectivity index (χ0n) is 10.1. The molecule has 90 valence electrons. The van der Waals surface area contributed by atoms with E-state index < -0.39 is 0 Å². The zero-order chi connectivity index (χ0) is 12.6. The second kappa shape index (κ2) is 5.13. The summed E-state index contributed by atoms with van der Waals surface area (Å²) in [6, 6.07) is 8.54. The van der Waals surface area contributed by atoms with Crippen molar-refractivity contribution in [2.75, 3.05) is 0 Å². The predicted octanol–water partition coefficient (Wildman–Crippen LogP) is 5.76. The van der Waals surface area contributed by atoms with E-state index in [1.54, 1.807) is 11.3 Å². The van der Waals surface area contributed by atoms with Crippen molar-refractivity contribution < 1.29 is 0 Å². The lowest BCUT2D eigenvalue weighted by Crippen LogP contribution is -1.93. The van der Waals surface area contributed by atoms with Gasteiger partial charge in [0.2, 0.25) is 0 Å². The van der Waals surface area contributed by atoms with Gasteiger partial charge in [-0.3, -0.25) is 0 Å². The van der Waals surface area contributed by atoms with E-state index in [1.807, 2.05) is 0 Å². The molecule has 0 aliphatic heterocycles. The molecular weight excluding hydrogens is 316 g/mol. The fourth-order valence-corrected chi connectivity index (χ4v) is 4.15. The molecule has 0 saturated carbocycles. The van der Waals surface area contributed by atoms with Gasteiger partial charge in [0.15, 0.2) is 0 Å². The Labute approximate surface area is 120 Å². The molecule has 1 unspecified atom stereocenters. The van der Waals surface area contributed by atoms with Crippen LogP contribution < -0.4 is 0 Å². The van der Waals surface area contributed by atoms with Crippen molar-refractivity contribution in [1.82, 2.24) is 0 Å². The molecule has 1 atom stereocenters. The van der Waals surface area contributed by atoms with Crippen molar-refractivity contribution in [3.05, 3.63) is 55.2 Å². The van der Waals surface area contributed by atoms with E-state index in [2.05, 4.69) is 61.0 Å². The monoisotopic (exact) mass is 328 g/mol. The molecule has 0 aliphatic rings. The highest BCUT2D eigenvalue weighted by Crippen LogP contribution is 2.39. The van der Waals surface area contributed by atoms with Crippen LogP contribution in [0.1, 0.15) is 31.8 Å². The number of halogens is 2. The molecule has 0 aliphatic carbocycles. The number of benzene rings is 1. The molecule has 0 nitrogen and oxygen atoms in total. The van der Waals surface area contributed by atoms with Gasteiger partial charge in [0.05, 0.1) is 5.38 Å². The first-order valence-corrected chi connectivity index (χ1v) is 7.50. The molecule has 0 saturated heterocycles. The van der Waals surface area contributed by atoms with Gasteiger partial charge in [0.1, 0.15) is 0 Å². The summed E-state index contributed by atoms with van der Waals surface area (Å²) >= 11 is 11.9. The highest BCUT2D eigenvalue weighted by Gasteiger charge is 2.17. The molecule has 0 radical (unpaired) electrons. The van der Waals surface area contributed by atoms with Crippen LogP contribution in [0.5, 0.6) is 0 Å². The number of hydrogen-bond acceptors (Lipinski definition) is 1. The minimum Gasteiger partial charge on any atom is -0.143 e. The van der Waals surface area contributed by atoms with Gasteiger partial charge in [0, 0.05) is 14.2 Å². The number of aryl methyl sites for hydroxylation is 3. The van der Waals surface area contributed by atoms with Crippen LogP contribution in [0.3, 0.4) is 0 Å². The lowest BCUT2D eigenvalue weighted by molar-refractivity contribution is 1.15. The van der Waals surface area contributed by atoms with Gasteiger partial charge in [-0.2, -0.15) is 0 Å². The minimum atomic E-state index is -0.0672. The zero-order valence-corrected chi connectivity index (χ0v) is 13.2. The van der Waals surface area contributed by atoms with Gasteiger partial charge in [-0.1, -0.05) is 18.2 Å². The molecule has 0 N–H and O–H groups in total. The van der Waals surface area contributed by atoms with Crippen LogP contribution >= 0.6 is 38.9 Å². The maximum atomic E-state index is 6.55. The smallest absolute Gasteiger partial charge is 0.0939 e. The van der Waals surface area contributed by atoms with Crippen LogP contribution in [0.2, 0.25) is 0 Å². The molecule has 1 heterocycles. The summed E-state index contributed by atoms with van der Waals surface area (Å²) in [5.41, 5.74) is 3.76. The van der Waals surface area contributed by atoms with Crippen LogP contribution in [0.25, 0.3) is 0 Å². The predicted molar refractivity (Wildman–Crippen MR) is 80.4 cm³/mol.